The summed E-state index contributed by atoms with van der Waals surface area (Å²) in [4.78, 5) is 72.7. The number of rotatable bonds is 70. The molecule has 562 valence electrons. The van der Waals surface area contributed by atoms with Gasteiger partial charge in [0, 0.05) is 19.3 Å². The van der Waals surface area contributed by atoms with Crippen LogP contribution in [0.3, 0.4) is 0 Å². The van der Waals surface area contributed by atoms with Crippen LogP contribution in [0.2, 0.25) is 0 Å². The van der Waals surface area contributed by atoms with E-state index in [4.69, 9.17) is 37.0 Å². The van der Waals surface area contributed by atoms with E-state index in [0.717, 1.165) is 141 Å². The van der Waals surface area contributed by atoms with Crippen LogP contribution in [0.5, 0.6) is 0 Å². The number of phosphoric ester groups is 2. The van der Waals surface area contributed by atoms with Gasteiger partial charge in [0.2, 0.25) is 0 Å². The molecule has 0 aliphatic carbocycles. The quantitative estimate of drug-likeness (QED) is 0.0169. The Morgan fingerprint density at radius 1 is 0.306 bits per heavy atom. The second kappa shape index (κ2) is 70.9. The Hall–Kier alpha value is -4.54. The van der Waals surface area contributed by atoms with Gasteiger partial charge in [0.1, 0.15) is 19.3 Å². The van der Waals surface area contributed by atoms with Gasteiger partial charge in [-0.3, -0.25) is 37.3 Å². The molecule has 0 heterocycles. The van der Waals surface area contributed by atoms with E-state index in [2.05, 4.69) is 125 Å². The van der Waals surface area contributed by atoms with Crippen molar-refractivity contribution in [3.05, 3.63) is 122 Å². The third-order valence-corrected chi connectivity index (χ3v) is 17.4. The molecule has 0 aromatic heterocycles. The maximum Gasteiger partial charge on any atom is 0.472 e. The largest absolute Gasteiger partial charge is 0.472 e. The van der Waals surface area contributed by atoms with Crippen molar-refractivity contribution in [2.75, 3.05) is 39.6 Å². The molecule has 19 heteroatoms. The van der Waals surface area contributed by atoms with E-state index in [9.17, 15) is 43.2 Å². The smallest absolute Gasteiger partial charge is 0.462 e. The van der Waals surface area contributed by atoms with Crippen molar-refractivity contribution in [1.82, 2.24) is 0 Å². The van der Waals surface area contributed by atoms with Crippen LogP contribution in [0.15, 0.2) is 122 Å². The van der Waals surface area contributed by atoms with Crippen molar-refractivity contribution in [3.63, 3.8) is 0 Å². The van der Waals surface area contributed by atoms with Crippen LogP contribution in [0, 0.1) is 0 Å². The SMILES string of the molecule is CC/C=C\C/C=C\C/C=C\C/C=C\C/C=C\CC(=O)OCC(COP(=O)(O)OCC(O)COP(=O)(O)OCC(COC(=O)CCCCCC/C=C\C/C=C\C/C=C\C/C=C\CC)OC(=O)CCCCCCCCCCCCC)OC(=O)CCCCCCC/C=C\CCCCCCCC. The number of phosphoric acid groups is 2. The zero-order valence-electron chi connectivity index (χ0n) is 61.2. The van der Waals surface area contributed by atoms with Crippen LogP contribution in [-0.4, -0.2) is 96.7 Å². The Morgan fingerprint density at radius 2 is 0.571 bits per heavy atom. The minimum absolute atomic E-state index is 0.0641. The maximum absolute atomic E-state index is 13.1. The first kappa shape index (κ1) is 93.5. The van der Waals surface area contributed by atoms with Crippen molar-refractivity contribution < 1.29 is 80.2 Å². The van der Waals surface area contributed by atoms with Crippen molar-refractivity contribution in [3.8, 4) is 0 Å². The molecule has 0 saturated heterocycles. The Balaban J connectivity index is 5.41. The summed E-state index contributed by atoms with van der Waals surface area (Å²) in [6, 6.07) is 0. The number of aliphatic hydroxyl groups is 1. The van der Waals surface area contributed by atoms with Gasteiger partial charge >= 0.3 is 39.5 Å². The van der Waals surface area contributed by atoms with E-state index in [0.29, 0.717) is 25.7 Å². The first-order valence-corrected chi connectivity index (χ1v) is 40.8. The van der Waals surface area contributed by atoms with E-state index in [1.54, 1.807) is 6.08 Å². The number of aliphatic hydroxyl groups excluding tert-OH is 1. The fourth-order valence-corrected chi connectivity index (χ4v) is 11.3. The number of allylic oxidation sites excluding steroid dienone is 19. The number of carbonyl (C=O) groups excluding carboxylic acids is 4. The van der Waals surface area contributed by atoms with Gasteiger partial charge in [-0.1, -0.05) is 278 Å². The molecule has 0 aliphatic rings. The summed E-state index contributed by atoms with van der Waals surface area (Å²) in [6.07, 6.45) is 76.5. The Labute approximate surface area is 593 Å². The van der Waals surface area contributed by atoms with Crippen LogP contribution in [0.1, 0.15) is 297 Å². The molecule has 0 aliphatic heterocycles. The van der Waals surface area contributed by atoms with E-state index in [-0.39, 0.29) is 25.7 Å². The topological polar surface area (TPSA) is 237 Å². The molecule has 0 saturated carbocycles. The molecular formula is C79H134O17P2. The first-order chi connectivity index (χ1) is 47.7. The number of hydrogen-bond acceptors (Lipinski definition) is 15. The van der Waals surface area contributed by atoms with Crippen LogP contribution in [0.25, 0.3) is 0 Å². The normalized spacial score (nSPS) is 14.6. The molecule has 17 nitrogen and oxygen atoms in total. The van der Waals surface area contributed by atoms with Gasteiger partial charge < -0.3 is 33.8 Å². The highest BCUT2D eigenvalue weighted by molar-refractivity contribution is 7.47. The molecule has 0 aromatic rings. The number of hydrogen-bond donors (Lipinski definition) is 3. The average Bonchev–Trinajstić information content (AvgIpc) is 0.982. The fourth-order valence-electron chi connectivity index (χ4n) is 9.75. The Bertz CT molecular complexity index is 2340. The lowest BCUT2D eigenvalue weighted by Gasteiger charge is -2.21. The minimum Gasteiger partial charge on any atom is -0.462 e. The number of esters is 4. The number of carbonyl (C=O) groups is 4. The molecule has 0 spiro atoms. The first-order valence-electron chi connectivity index (χ1n) is 37.8. The Kier molecular flexibility index (Phi) is 67.6. The van der Waals surface area contributed by atoms with Gasteiger partial charge in [-0.05, 0) is 116 Å². The maximum atomic E-state index is 13.1. The molecule has 3 N–H and O–H groups in total. The van der Waals surface area contributed by atoms with Crippen molar-refractivity contribution in [2.24, 2.45) is 0 Å². The predicted molar refractivity (Wildman–Crippen MR) is 399 cm³/mol. The molecule has 0 fully saturated rings. The monoisotopic (exact) mass is 1420 g/mol. The van der Waals surface area contributed by atoms with Crippen molar-refractivity contribution in [2.45, 2.75) is 316 Å². The van der Waals surface area contributed by atoms with Crippen molar-refractivity contribution >= 4 is 39.5 Å². The second-order valence-corrected chi connectivity index (χ2v) is 27.8. The summed E-state index contributed by atoms with van der Waals surface area (Å²) in [5, 5.41) is 10.6. The molecule has 0 amide bonds. The van der Waals surface area contributed by atoms with Gasteiger partial charge in [0.05, 0.1) is 32.8 Å². The predicted octanol–water partition coefficient (Wildman–Crippen LogP) is 21.6. The van der Waals surface area contributed by atoms with Crippen molar-refractivity contribution in [1.29, 1.82) is 0 Å². The van der Waals surface area contributed by atoms with E-state index < -0.39 is 97.5 Å². The molecule has 0 radical (unpaired) electrons. The third-order valence-electron chi connectivity index (χ3n) is 15.5. The highest BCUT2D eigenvalue weighted by Gasteiger charge is 2.30. The zero-order valence-corrected chi connectivity index (χ0v) is 63.0. The molecule has 0 rings (SSSR count). The number of ether oxygens (including phenoxy) is 4. The van der Waals surface area contributed by atoms with E-state index >= 15 is 0 Å². The van der Waals surface area contributed by atoms with Crippen LogP contribution < -0.4 is 0 Å². The summed E-state index contributed by atoms with van der Waals surface area (Å²) < 4.78 is 68.3. The van der Waals surface area contributed by atoms with Gasteiger partial charge in [-0.2, -0.15) is 0 Å². The van der Waals surface area contributed by atoms with Crippen LogP contribution >= 0.6 is 15.6 Å². The molecule has 0 bridgehead atoms. The second-order valence-electron chi connectivity index (χ2n) is 24.8. The summed E-state index contributed by atoms with van der Waals surface area (Å²) in [7, 11) is -9.98. The lowest BCUT2D eigenvalue weighted by molar-refractivity contribution is -0.161. The highest BCUT2D eigenvalue weighted by Crippen LogP contribution is 2.45. The van der Waals surface area contributed by atoms with Gasteiger partial charge in [-0.15, -0.1) is 0 Å². The number of unbranched alkanes of at least 4 members (excludes halogenated alkanes) is 25. The molecule has 5 atom stereocenters. The standard InChI is InChI=1S/C79H134O17P2/c1-5-9-13-17-21-25-29-32-35-36-39-41-45-48-52-56-60-64-77(82)89-69-74(95-78(83)65-61-57-53-49-43-28-24-20-16-12-8-4)71-93-97(85,86)91-67-73(80)68-92-98(87,88)94-72-75(96-79(84)66-62-58-54-50-46-42-38-34-31-27-23-19-15-11-7-3)70-90-76(81)63-59-55-51-47-44-40-37-33-30-26-22-18-14-10-6-2/h9-10,13-14,21-22,25-26,32-35,37-39,41,44,47,55,59,73-75,80H,5-8,11-12,15-20,23-24,27-31,36,40,42-43,45-46,48-54,56-58,60-72H2,1-4H3,(H,85,86)(H,87,88)/b13-9-,14-10-,25-21-,26-22-,35-32-,37-33-,38-34-,41-39-,47-44-,59-55-. The average molecular weight is 1420 g/mol. The van der Waals surface area contributed by atoms with Crippen LogP contribution in [0.4, 0.5) is 0 Å². The zero-order chi connectivity index (χ0) is 71.8. The van der Waals surface area contributed by atoms with E-state index in [1.807, 2.05) is 18.2 Å². The molecular weight excluding hydrogens is 1280 g/mol. The lowest BCUT2D eigenvalue weighted by Crippen LogP contribution is -2.30. The minimum atomic E-state index is -5.00. The third kappa shape index (κ3) is 69.9. The van der Waals surface area contributed by atoms with Gasteiger partial charge in [0.25, 0.3) is 0 Å². The molecule has 5 unspecified atom stereocenters. The Morgan fingerprint density at radius 3 is 0.918 bits per heavy atom. The molecule has 0 aromatic carbocycles. The summed E-state index contributed by atoms with van der Waals surface area (Å²) >= 11 is 0. The highest BCUT2D eigenvalue weighted by atomic mass is 31.2. The lowest BCUT2D eigenvalue weighted by atomic mass is 10.1. The fraction of sp³-hybridized carbons (Fsp3) is 0.696. The summed E-state index contributed by atoms with van der Waals surface area (Å²) in [5.74, 6) is -2.35. The van der Waals surface area contributed by atoms with Crippen LogP contribution in [-0.2, 0) is 65.4 Å². The van der Waals surface area contributed by atoms with E-state index in [1.165, 1.54) is 77.0 Å². The van der Waals surface area contributed by atoms with Gasteiger partial charge in [0.15, 0.2) is 12.2 Å². The summed E-state index contributed by atoms with van der Waals surface area (Å²) in [6.45, 7) is 4.48. The summed E-state index contributed by atoms with van der Waals surface area (Å²) in [5.41, 5.74) is 0. The molecule has 98 heavy (non-hydrogen) atoms. The van der Waals surface area contributed by atoms with Gasteiger partial charge in [-0.25, -0.2) is 9.13 Å².